The van der Waals surface area contributed by atoms with Gasteiger partial charge in [0.25, 0.3) is 0 Å². The minimum absolute atomic E-state index is 0.280. The molecule has 1 rings (SSSR count). The summed E-state index contributed by atoms with van der Waals surface area (Å²) in [4.78, 5) is 22.3. The maximum absolute atomic E-state index is 11.6. The van der Waals surface area contributed by atoms with Crippen LogP contribution in [0.3, 0.4) is 0 Å². The van der Waals surface area contributed by atoms with Gasteiger partial charge >= 0.3 is 5.97 Å². The first-order valence-corrected chi connectivity index (χ1v) is 5.89. The number of nitrogens with one attached hydrogen (secondary N) is 1. The van der Waals surface area contributed by atoms with E-state index in [1.165, 1.54) is 0 Å². The Morgan fingerprint density at radius 2 is 2.11 bits per heavy atom. The molecule has 0 aromatic heterocycles. The minimum Gasteiger partial charge on any atom is -0.479 e. The molecule has 0 aliphatic carbocycles. The van der Waals surface area contributed by atoms with Gasteiger partial charge in [-0.1, -0.05) is 12.2 Å². The van der Waals surface area contributed by atoms with Crippen molar-refractivity contribution in [3.05, 3.63) is 12.2 Å². The van der Waals surface area contributed by atoms with Gasteiger partial charge in [-0.3, -0.25) is 4.79 Å². The van der Waals surface area contributed by atoms with Gasteiger partial charge in [0, 0.05) is 6.54 Å². The summed E-state index contributed by atoms with van der Waals surface area (Å²) in [7, 11) is 0. The van der Waals surface area contributed by atoms with E-state index in [1.54, 1.807) is 0 Å². The van der Waals surface area contributed by atoms with Crippen molar-refractivity contribution in [2.24, 2.45) is 0 Å². The minimum atomic E-state index is -1.02. The SMILES string of the molecule is C=C(C)COCCNC(=O)[C@@H]1CC[C@H](C(=O)O)O1. The Labute approximate surface area is 106 Å². The van der Waals surface area contributed by atoms with E-state index in [0.717, 1.165) is 5.57 Å². The van der Waals surface area contributed by atoms with E-state index in [0.29, 0.717) is 32.6 Å². The first-order valence-electron chi connectivity index (χ1n) is 5.89. The molecular weight excluding hydrogens is 238 g/mol. The molecule has 0 bridgehead atoms. The Hall–Kier alpha value is -1.40. The predicted molar refractivity (Wildman–Crippen MR) is 64.2 cm³/mol. The molecule has 18 heavy (non-hydrogen) atoms. The molecule has 1 heterocycles. The molecule has 0 saturated carbocycles. The van der Waals surface area contributed by atoms with Gasteiger partial charge in [0.2, 0.25) is 5.91 Å². The Kier molecular flexibility index (Phi) is 5.80. The number of aliphatic carboxylic acids is 1. The zero-order valence-corrected chi connectivity index (χ0v) is 10.5. The molecule has 1 saturated heterocycles. The van der Waals surface area contributed by atoms with Crippen LogP contribution in [0.5, 0.6) is 0 Å². The van der Waals surface area contributed by atoms with Gasteiger partial charge in [-0.25, -0.2) is 4.79 Å². The number of rotatable bonds is 7. The van der Waals surface area contributed by atoms with Crippen molar-refractivity contribution in [1.29, 1.82) is 0 Å². The highest BCUT2D eigenvalue weighted by Crippen LogP contribution is 2.19. The Bertz CT molecular complexity index is 328. The molecule has 0 spiro atoms. The second kappa shape index (κ2) is 7.13. The van der Waals surface area contributed by atoms with Crippen LogP contribution < -0.4 is 5.32 Å². The zero-order chi connectivity index (χ0) is 13.5. The van der Waals surface area contributed by atoms with Gasteiger partial charge in [-0.15, -0.1) is 0 Å². The highest BCUT2D eigenvalue weighted by Gasteiger charge is 2.34. The van der Waals surface area contributed by atoms with Crippen LogP contribution in [0, 0.1) is 0 Å². The topological polar surface area (TPSA) is 84.9 Å². The second-order valence-corrected chi connectivity index (χ2v) is 4.33. The second-order valence-electron chi connectivity index (χ2n) is 4.33. The van der Waals surface area contributed by atoms with E-state index in [9.17, 15) is 9.59 Å². The summed E-state index contributed by atoms with van der Waals surface area (Å²) in [5.74, 6) is -1.30. The van der Waals surface area contributed by atoms with Crippen LogP contribution in [0.25, 0.3) is 0 Å². The third kappa shape index (κ3) is 4.85. The molecule has 1 fully saturated rings. The quantitative estimate of drug-likeness (QED) is 0.507. The normalized spacial score (nSPS) is 22.7. The number of hydrogen-bond donors (Lipinski definition) is 2. The van der Waals surface area contributed by atoms with Gasteiger partial charge in [-0.05, 0) is 19.8 Å². The molecule has 0 radical (unpaired) electrons. The number of carboxylic acids is 1. The van der Waals surface area contributed by atoms with Crippen molar-refractivity contribution >= 4 is 11.9 Å². The Balaban J connectivity index is 2.14. The molecule has 102 valence electrons. The van der Waals surface area contributed by atoms with Gasteiger partial charge in [0.15, 0.2) is 6.10 Å². The summed E-state index contributed by atoms with van der Waals surface area (Å²) in [6.45, 7) is 6.79. The molecule has 1 aliphatic rings. The predicted octanol–water partition coefficient (Wildman–Crippen LogP) is 0.327. The van der Waals surface area contributed by atoms with Crippen molar-refractivity contribution < 1.29 is 24.2 Å². The van der Waals surface area contributed by atoms with Crippen LogP contribution in [0.4, 0.5) is 0 Å². The third-order valence-electron chi connectivity index (χ3n) is 2.48. The molecule has 0 unspecified atom stereocenters. The van der Waals surface area contributed by atoms with E-state index in [2.05, 4.69) is 11.9 Å². The monoisotopic (exact) mass is 257 g/mol. The molecule has 1 amide bonds. The number of carboxylic acid groups (broad SMARTS) is 1. The molecule has 6 heteroatoms. The fourth-order valence-corrected chi connectivity index (χ4v) is 1.62. The summed E-state index contributed by atoms with van der Waals surface area (Å²) >= 11 is 0. The van der Waals surface area contributed by atoms with Crippen molar-refractivity contribution in [3.63, 3.8) is 0 Å². The summed E-state index contributed by atoms with van der Waals surface area (Å²) in [5.41, 5.74) is 0.921. The smallest absolute Gasteiger partial charge is 0.332 e. The lowest BCUT2D eigenvalue weighted by Gasteiger charge is -2.11. The first kappa shape index (κ1) is 14.7. The fourth-order valence-electron chi connectivity index (χ4n) is 1.62. The van der Waals surface area contributed by atoms with Crippen molar-refractivity contribution in [1.82, 2.24) is 5.32 Å². The average molecular weight is 257 g/mol. The third-order valence-corrected chi connectivity index (χ3v) is 2.48. The van der Waals surface area contributed by atoms with E-state index >= 15 is 0 Å². The van der Waals surface area contributed by atoms with Crippen LogP contribution in [0.1, 0.15) is 19.8 Å². The Morgan fingerprint density at radius 3 is 2.67 bits per heavy atom. The maximum atomic E-state index is 11.6. The van der Waals surface area contributed by atoms with Gasteiger partial charge in [0.1, 0.15) is 6.10 Å². The molecule has 0 aromatic rings. The highest BCUT2D eigenvalue weighted by atomic mass is 16.5. The first-order chi connectivity index (χ1) is 8.50. The lowest BCUT2D eigenvalue weighted by molar-refractivity contribution is -0.151. The van der Waals surface area contributed by atoms with Crippen molar-refractivity contribution in [2.45, 2.75) is 32.0 Å². The lowest BCUT2D eigenvalue weighted by atomic mass is 10.2. The maximum Gasteiger partial charge on any atom is 0.332 e. The molecular formula is C12H19NO5. The highest BCUT2D eigenvalue weighted by molar-refractivity contribution is 5.82. The lowest BCUT2D eigenvalue weighted by Crippen LogP contribution is -2.37. The van der Waals surface area contributed by atoms with E-state index in [4.69, 9.17) is 14.6 Å². The molecule has 2 N–H and O–H groups in total. The molecule has 0 aromatic carbocycles. The van der Waals surface area contributed by atoms with Crippen LogP contribution in [-0.2, 0) is 19.1 Å². The van der Waals surface area contributed by atoms with E-state index < -0.39 is 18.2 Å². The largest absolute Gasteiger partial charge is 0.479 e. The molecule has 1 aliphatic heterocycles. The summed E-state index contributed by atoms with van der Waals surface area (Å²) in [6.07, 6.45) is -0.706. The number of carbonyl (C=O) groups is 2. The Morgan fingerprint density at radius 1 is 1.44 bits per heavy atom. The fraction of sp³-hybridized carbons (Fsp3) is 0.667. The van der Waals surface area contributed by atoms with Gasteiger partial charge < -0.3 is 19.9 Å². The number of carbonyl (C=O) groups excluding carboxylic acids is 1. The van der Waals surface area contributed by atoms with E-state index in [-0.39, 0.29) is 5.91 Å². The van der Waals surface area contributed by atoms with E-state index in [1.807, 2.05) is 6.92 Å². The van der Waals surface area contributed by atoms with Crippen LogP contribution in [0.2, 0.25) is 0 Å². The summed E-state index contributed by atoms with van der Waals surface area (Å²) < 4.78 is 10.3. The number of hydrogen-bond acceptors (Lipinski definition) is 4. The summed E-state index contributed by atoms with van der Waals surface area (Å²) in [5, 5.41) is 11.4. The number of ether oxygens (including phenoxy) is 2. The summed E-state index contributed by atoms with van der Waals surface area (Å²) in [6, 6.07) is 0. The average Bonchev–Trinajstić information content (AvgIpc) is 2.77. The molecule has 6 nitrogen and oxygen atoms in total. The van der Waals surface area contributed by atoms with Crippen molar-refractivity contribution in [2.75, 3.05) is 19.8 Å². The van der Waals surface area contributed by atoms with Crippen LogP contribution in [-0.4, -0.2) is 48.9 Å². The zero-order valence-electron chi connectivity index (χ0n) is 10.5. The standard InChI is InChI=1S/C12H19NO5/c1-8(2)7-17-6-5-13-11(14)9-3-4-10(18-9)12(15)16/h9-10H,1,3-7H2,2H3,(H,13,14)(H,15,16)/t9-,10+/m0/s1. The van der Waals surface area contributed by atoms with Crippen molar-refractivity contribution in [3.8, 4) is 0 Å². The number of amides is 1. The molecule has 2 atom stereocenters. The van der Waals surface area contributed by atoms with Crippen LogP contribution in [0.15, 0.2) is 12.2 Å². The van der Waals surface area contributed by atoms with Gasteiger partial charge in [0.05, 0.1) is 13.2 Å². The van der Waals surface area contributed by atoms with Crippen LogP contribution >= 0.6 is 0 Å². The van der Waals surface area contributed by atoms with Gasteiger partial charge in [-0.2, -0.15) is 0 Å².